The van der Waals surface area contributed by atoms with Crippen LogP contribution in [-0.2, 0) is 4.75 Å². The fraction of sp³-hybridized carbons (Fsp3) is 0.150. The Balaban J connectivity index is 2.05. The van der Waals surface area contributed by atoms with Crippen molar-refractivity contribution in [3.8, 4) is 5.69 Å². The second-order valence-corrected chi connectivity index (χ2v) is 7.55. The summed E-state index contributed by atoms with van der Waals surface area (Å²) in [5.74, 6) is 0.124. The van der Waals surface area contributed by atoms with Crippen LogP contribution >= 0.6 is 23.4 Å². The lowest BCUT2D eigenvalue weighted by Gasteiger charge is -2.30. The maximum atomic E-state index is 13.5. The van der Waals surface area contributed by atoms with Crippen LogP contribution in [0.4, 0.5) is 0 Å². The minimum atomic E-state index is -0.673. The van der Waals surface area contributed by atoms with Crippen LogP contribution < -0.4 is 0 Å². The Labute approximate surface area is 150 Å². The van der Waals surface area contributed by atoms with Crippen LogP contribution in [0, 0.1) is 0 Å². The van der Waals surface area contributed by atoms with Gasteiger partial charge in [0.25, 0.3) is 0 Å². The third-order valence-corrected chi connectivity index (χ3v) is 6.69. The van der Waals surface area contributed by atoms with E-state index in [2.05, 4.69) is 6.92 Å². The summed E-state index contributed by atoms with van der Waals surface area (Å²) in [6.45, 7) is 2.06. The molecule has 0 fully saturated rings. The van der Waals surface area contributed by atoms with Crippen molar-refractivity contribution in [1.29, 1.82) is 0 Å². The van der Waals surface area contributed by atoms with Crippen LogP contribution in [-0.4, -0.2) is 10.4 Å². The first kappa shape index (κ1) is 15.6. The van der Waals surface area contributed by atoms with Crippen molar-refractivity contribution in [3.63, 3.8) is 0 Å². The molecule has 0 saturated carbocycles. The molecule has 4 rings (SSSR count). The zero-order chi connectivity index (χ0) is 16.7. The summed E-state index contributed by atoms with van der Waals surface area (Å²) in [7, 11) is 0. The third kappa shape index (κ3) is 2.15. The zero-order valence-electron chi connectivity index (χ0n) is 13.2. The highest BCUT2D eigenvalue weighted by Crippen LogP contribution is 2.52. The van der Waals surface area contributed by atoms with E-state index in [1.54, 1.807) is 11.8 Å². The highest BCUT2D eigenvalue weighted by Gasteiger charge is 2.44. The van der Waals surface area contributed by atoms with Gasteiger partial charge in [0.15, 0.2) is 5.78 Å². The summed E-state index contributed by atoms with van der Waals surface area (Å²) in [5.41, 5.74) is 2.68. The summed E-state index contributed by atoms with van der Waals surface area (Å²) in [6.07, 6.45) is 2.62. The standard InChI is InChI=1S/C20H16ClNOS/c1-2-20(14-8-4-3-5-9-14)19(23)17-12-7-13-22(17)16-11-6-10-15(21)18(16)24-20/h3-13H,2H2,1H3. The molecule has 4 heteroatoms. The van der Waals surface area contributed by atoms with E-state index in [1.165, 1.54) is 0 Å². The van der Waals surface area contributed by atoms with Gasteiger partial charge in [0.05, 0.1) is 21.3 Å². The van der Waals surface area contributed by atoms with E-state index in [1.807, 2.05) is 71.4 Å². The van der Waals surface area contributed by atoms with Crippen molar-refractivity contribution in [2.24, 2.45) is 0 Å². The Kier molecular flexibility index (Phi) is 3.78. The molecule has 2 heterocycles. The molecule has 0 amide bonds. The number of hydrogen-bond donors (Lipinski definition) is 0. The van der Waals surface area contributed by atoms with Gasteiger partial charge in [-0.05, 0) is 36.2 Å². The molecular formula is C20H16ClNOS. The minimum Gasteiger partial charge on any atom is -0.313 e. The average Bonchev–Trinajstić information content (AvgIpc) is 3.07. The molecular weight excluding hydrogens is 338 g/mol. The van der Waals surface area contributed by atoms with E-state index in [9.17, 15) is 4.79 Å². The van der Waals surface area contributed by atoms with Crippen molar-refractivity contribution in [2.75, 3.05) is 0 Å². The highest BCUT2D eigenvalue weighted by atomic mass is 35.5. The van der Waals surface area contributed by atoms with Crippen LogP contribution in [0.1, 0.15) is 29.4 Å². The fourth-order valence-corrected chi connectivity index (χ4v) is 4.99. The summed E-state index contributed by atoms with van der Waals surface area (Å²) in [4.78, 5) is 14.5. The fourth-order valence-electron chi connectivity index (χ4n) is 3.33. The SMILES string of the molecule is CCC1(c2ccccc2)Sc2c(Cl)cccc2-n2cccc2C1=O. The van der Waals surface area contributed by atoms with E-state index in [-0.39, 0.29) is 5.78 Å². The molecule has 2 nitrogen and oxygen atoms in total. The monoisotopic (exact) mass is 353 g/mol. The second kappa shape index (κ2) is 5.83. The van der Waals surface area contributed by atoms with Crippen LogP contribution in [0.25, 0.3) is 5.69 Å². The summed E-state index contributed by atoms with van der Waals surface area (Å²) in [6, 6.07) is 19.6. The quantitative estimate of drug-likeness (QED) is 0.587. The predicted octanol–water partition coefficient (Wildman–Crippen LogP) is 5.72. The van der Waals surface area contributed by atoms with Gasteiger partial charge in [0.1, 0.15) is 4.75 Å². The second-order valence-electron chi connectivity index (χ2n) is 5.83. The number of Topliss-reactive ketones (excluding diaryl/α,β-unsaturated/α-hetero) is 1. The number of carbonyl (C=O) groups is 1. The predicted molar refractivity (Wildman–Crippen MR) is 99.4 cm³/mol. The van der Waals surface area contributed by atoms with E-state index in [0.717, 1.165) is 16.1 Å². The Morgan fingerprint density at radius 3 is 2.58 bits per heavy atom. The molecule has 1 aromatic heterocycles. The Morgan fingerprint density at radius 1 is 1.04 bits per heavy atom. The Morgan fingerprint density at radius 2 is 1.83 bits per heavy atom. The van der Waals surface area contributed by atoms with Gasteiger partial charge in [0, 0.05) is 6.20 Å². The van der Waals surface area contributed by atoms with Crippen molar-refractivity contribution >= 4 is 29.1 Å². The Hall–Kier alpha value is -1.97. The van der Waals surface area contributed by atoms with Gasteiger partial charge in [0.2, 0.25) is 0 Å². The third-order valence-electron chi connectivity index (χ3n) is 4.57. The molecule has 0 saturated heterocycles. The maximum Gasteiger partial charge on any atom is 0.200 e. The molecule has 0 spiro atoms. The van der Waals surface area contributed by atoms with Crippen molar-refractivity contribution in [3.05, 3.63) is 83.1 Å². The molecule has 1 unspecified atom stereocenters. The zero-order valence-corrected chi connectivity index (χ0v) is 14.8. The van der Waals surface area contributed by atoms with Crippen LogP contribution in [0.5, 0.6) is 0 Å². The first-order valence-electron chi connectivity index (χ1n) is 7.93. The number of carbonyl (C=O) groups excluding carboxylic acids is 1. The number of ketones is 1. The maximum absolute atomic E-state index is 13.5. The van der Waals surface area contributed by atoms with E-state index in [0.29, 0.717) is 17.1 Å². The first-order chi connectivity index (χ1) is 11.7. The summed E-state index contributed by atoms with van der Waals surface area (Å²) < 4.78 is 1.28. The average molecular weight is 354 g/mol. The largest absolute Gasteiger partial charge is 0.313 e. The lowest BCUT2D eigenvalue weighted by molar-refractivity contribution is 0.0933. The van der Waals surface area contributed by atoms with E-state index < -0.39 is 4.75 Å². The van der Waals surface area contributed by atoms with E-state index >= 15 is 0 Å². The van der Waals surface area contributed by atoms with Crippen molar-refractivity contribution < 1.29 is 4.79 Å². The number of thioether (sulfide) groups is 1. The molecule has 1 aliphatic rings. The smallest absolute Gasteiger partial charge is 0.200 e. The lowest BCUT2D eigenvalue weighted by atomic mass is 9.89. The number of rotatable bonds is 2. The van der Waals surface area contributed by atoms with Gasteiger partial charge in [-0.15, -0.1) is 11.8 Å². The van der Waals surface area contributed by atoms with Gasteiger partial charge in [-0.2, -0.15) is 0 Å². The minimum absolute atomic E-state index is 0.124. The molecule has 1 aliphatic heterocycles. The van der Waals surface area contributed by atoms with E-state index in [4.69, 9.17) is 11.6 Å². The normalized spacial score (nSPS) is 19.5. The number of nitrogens with zero attached hydrogens (tertiary/aromatic N) is 1. The Bertz CT molecular complexity index is 918. The van der Waals surface area contributed by atoms with Crippen molar-refractivity contribution in [1.82, 2.24) is 4.57 Å². The molecule has 0 aliphatic carbocycles. The summed E-state index contributed by atoms with van der Waals surface area (Å²) in [5, 5.41) is 0.681. The number of aromatic nitrogens is 1. The summed E-state index contributed by atoms with van der Waals surface area (Å²) >= 11 is 8.09. The molecule has 3 aromatic rings. The molecule has 1 atom stereocenters. The molecule has 24 heavy (non-hydrogen) atoms. The molecule has 120 valence electrons. The lowest BCUT2D eigenvalue weighted by Crippen LogP contribution is -2.32. The van der Waals surface area contributed by atoms with Crippen molar-refractivity contribution in [2.45, 2.75) is 23.0 Å². The van der Waals surface area contributed by atoms with Gasteiger partial charge >= 0.3 is 0 Å². The molecule has 0 bridgehead atoms. The van der Waals surface area contributed by atoms with Crippen LogP contribution in [0.2, 0.25) is 5.02 Å². The van der Waals surface area contributed by atoms with Crippen LogP contribution in [0.15, 0.2) is 71.8 Å². The molecule has 0 N–H and O–H groups in total. The van der Waals surface area contributed by atoms with Gasteiger partial charge in [-0.1, -0.05) is 54.9 Å². The van der Waals surface area contributed by atoms with Gasteiger partial charge in [-0.3, -0.25) is 4.79 Å². The molecule has 2 aromatic carbocycles. The first-order valence-corrected chi connectivity index (χ1v) is 9.12. The topological polar surface area (TPSA) is 22.0 Å². The number of hydrogen-bond acceptors (Lipinski definition) is 2. The van der Waals surface area contributed by atoms with Gasteiger partial charge < -0.3 is 4.57 Å². The number of halogens is 1. The number of fused-ring (bicyclic) bond motifs is 3. The van der Waals surface area contributed by atoms with Crippen LogP contribution in [0.3, 0.4) is 0 Å². The molecule has 0 radical (unpaired) electrons. The number of benzene rings is 2. The highest BCUT2D eigenvalue weighted by molar-refractivity contribution is 8.01. The van der Waals surface area contributed by atoms with Gasteiger partial charge in [-0.25, -0.2) is 0 Å².